The zero-order valence-electron chi connectivity index (χ0n) is 31.9. The van der Waals surface area contributed by atoms with Gasteiger partial charge in [-0.25, -0.2) is 4.79 Å². The van der Waals surface area contributed by atoms with Gasteiger partial charge >= 0.3 is 6.03 Å². The summed E-state index contributed by atoms with van der Waals surface area (Å²) >= 11 is 0. The van der Waals surface area contributed by atoms with Crippen molar-refractivity contribution in [3.05, 3.63) is 26.0 Å². The molecule has 0 bridgehead atoms. The first-order valence-corrected chi connectivity index (χ1v) is 17.9. The predicted octanol–water partition coefficient (Wildman–Crippen LogP) is 2.72. The van der Waals surface area contributed by atoms with E-state index in [2.05, 4.69) is 21.3 Å². The van der Waals surface area contributed by atoms with Gasteiger partial charge in [-0.15, -0.1) is 0 Å². The molecule has 13 nitrogen and oxygen atoms in total. The van der Waals surface area contributed by atoms with Crippen LogP contribution in [0.15, 0.2) is 9.59 Å². The molecule has 0 radical (unpaired) electrons. The fraction of sp³-hybridized carbons (Fsp3) is 0.757. The molecule has 2 aliphatic rings. The lowest BCUT2D eigenvalue weighted by Gasteiger charge is -2.37. The Morgan fingerprint density at radius 3 is 1.92 bits per heavy atom. The van der Waals surface area contributed by atoms with E-state index in [4.69, 9.17) is 5.73 Å². The molecule has 5 atom stereocenters. The fourth-order valence-electron chi connectivity index (χ4n) is 6.78. The molecule has 0 spiro atoms. The van der Waals surface area contributed by atoms with Crippen molar-refractivity contribution in [2.45, 2.75) is 138 Å². The van der Waals surface area contributed by atoms with Gasteiger partial charge in [0.15, 0.2) is 0 Å². The van der Waals surface area contributed by atoms with Gasteiger partial charge in [0, 0.05) is 18.7 Å². The van der Waals surface area contributed by atoms with E-state index in [1.54, 1.807) is 0 Å². The van der Waals surface area contributed by atoms with Gasteiger partial charge in [0.05, 0.1) is 17.8 Å². The molecule has 1 unspecified atom stereocenters. The third-order valence-electron chi connectivity index (χ3n) is 10.4. The smallest absolute Gasteiger partial charge is 0.315 e. The molecule has 13 heteroatoms. The van der Waals surface area contributed by atoms with Crippen molar-refractivity contribution in [3.63, 3.8) is 0 Å². The average Bonchev–Trinajstić information content (AvgIpc) is 3.41. The van der Waals surface area contributed by atoms with Gasteiger partial charge in [-0.2, -0.15) is 0 Å². The molecule has 280 valence electrons. The van der Waals surface area contributed by atoms with Crippen LogP contribution in [0.2, 0.25) is 0 Å². The molecule has 1 aliphatic carbocycles. The average molecular weight is 701 g/mol. The molecule has 1 aromatic rings. The fourth-order valence-corrected chi connectivity index (χ4v) is 6.78. The van der Waals surface area contributed by atoms with Gasteiger partial charge < -0.3 is 31.9 Å². The number of primary amides is 1. The number of anilines is 1. The second-order valence-corrected chi connectivity index (χ2v) is 17.9. The van der Waals surface area contributed by atoms with E-state index in [0.29, 0.717) is 18.4 Å². The minimum absolute atomic E-state index is 0.00851. The minimum Gasteiger partial charge on any atom is -0.379 e. The third-order valence-corrected chi connectivity index (χ3v) is 10.4. The molecule has 2 fully saturated rings. The quantitative estimate of drug-likeness (QED) is 0.194. The van der Waals surface area contributed by atoms with Crippen LogP contribution < -0.4 is 37.9 Å². The normalized spacial score (nSPS) is 20.5. The molecule has 50 heavy (non-hydrogen) atoms. The number of hydrogen-bond acceptors (Lipinski definition) is 8. The maximum atomic E-state index is 14.4. The topological polar surface area (TPSA) is 197 Å². The highest BCUT2D eigenvalue weighted by atomic mass is 16.2. The van der Waals surface area contributed by atoms with Gasteiger partial charge in [0.1, 0.15) is 12.1 Å². The number of nitrogens with zero attached hydrogens (tertiary/aromatic N) is 1. The summed E-state index contributed by atoms with van der Waals surface area (Å²) in [6, 6.07) is -4.12. The maximum absolute atomic E-state index is 14.4. The zero-order valence-corrected chi connectivity index (χ0v) is 31.9. The molecule has 5 amide bonds. The Bertz CT molecular complexity index is 1520. The molecule has 6 N–H and O–H groups in total. The minimum atomic E-state index is -1.11. The van der Waals surface area contributed by atoms with E-state index < -0.39 is 80.8 Å². The Morgan fingerprint density at radius 1 is 0.860 bits per heavy atom. The number of rotatable bonds is 13. The van der Waals surface area contributed by atoms with E-state index in [9.17, 15) is 33.6 Å². The number of urea groups is 1. The highest BCUT2D eigenvalue weighted by molar-refractivity contribution is 6.37. The number of hydrogen-bond donors (Lipinski definition) is 5. The first-order valence-electron chi connectivity index (χ1n) is 17.9. The molecular formula is C37H60N6O7. The van der Waals surface area contributed by atoms with E-state index in [1.165, 1.54) is 4.90 Å². The predicted molar refractivity (Wildman–Crippen MR) is 193 cm³/mol. The van der Waals surface area contributed by atoms with E-state index in [1.807, 2.05) is 76.2 Å². The third kappa shape index (κ3) is 9.51. The Hall–Kier alpha value is -3.77. The second-order valence-electron chi connectivity index (χ2n) is 17.9. The Morgan fingerprint density at radius 2 is 1.46 bits per heavy atom. The summed E-state index contributed by atoms with van der Waals surface area (Å²) in [6.45, 7) is 21.3. The van der Waals surface area contributed by atoms with Crippen molar-refractivity contribution in [2.75, 3.05) is 18.4 Å². The number of nitrogens with one attached hydrogen (secondary N) is 4. The number of likely N-dealkylation sites (tertiary alicyclic amines) is 1. The van der Waals surface area contributed by atoms with Crippen molar-refractivity contribution in [1.82, 2.24) is 20.9 Å². The summed E-state index contributed by atoms with van der Waals surface area (Å²) in [6.07, 6.45) is 3.52. The summed E-state index contributed by atoms with van der Waals surface area (Å²) < 4.78 is 0. The van der Waals surface area contributed by atoms with Crippen LogP contribution in [0.25, 0.3) is 0 Å². The summed E-state index contributed by atoms with van der Waals surface area (Å²) in [5, 5.41) is 11.7. The van der Waals surface area contributed by atoms with Gasteiger partial charge in [-0.3, -0.25) is 28.8 Å². The van der Waals surface area contributed by atoms with Gasteiger partial charge in [-0.05, 0) is 46.8 Å². The van der Waals surface area contributed by atoms with Crippen molar-refractivity contribution in [1.29, 1.82) is 0 Å². The maximum Gasteiger partial charge on any atom is 0.315 e. The summed E-state index contributed by atoms with van der Waals surface area (Å²) in [5.74, 6) is -2.57. The monoisotopic (exact) mass is 700 g/mol. The van der Waals surface area contributed by atoms with Crippen LogP contribution in [0.3, 0.4) is 0 Å². The number of ketones is 1. The Labute approximate surface area is 296 Å². The summed E-state index contributed by atoms with van der Waals surface area (Å²) in [5.41, 5.74) is 3.15. The van der Waals surface area contributed by atoms with Crippen LogP contribution >= 0.6 is 0 Å². The first kappa shape index (κ1) is 40.7. The number of carbonyl (C=O) groups excluding carboxylic acids is 5. The molecule has 1 aromatic carbocycles. The molecule has 1 aliphatic heterocycles. The van der Waals surface area contributed by atoms with Crippen LogP contribution in [0, 0.1) is 28.6 Å². The van der Waals surface area contributed by atoms with Gasteiger partial charge in [-0.1, -0.05) is 95.4 Å². The molecule has 3 rings (SSSR count). The molecule has 1 saturated carbocycles. The molecule has 0 aromatic heterocycles. The van der Waals surface area contributed by atoms with E-state index in [0.717, 1.165) is 19.3 Å². The van der Waals surface area contributed by atoms with Crippen LogP contribution in [0.1, 0.15) is 114 Å². The van der Waals surface area contributed by atoms with Crippen molar-refractivity contribution < 1.29 is 24.0 Å². The zero-order chi connectivity index (χ0) is 38.1. The lowest BCUT2D eigenvalue weighted by atomic mass is 9.80. The number of nitrogens with two attached hydrogens (primary N) is 1. The lowest BCUT2D eigenvalue weighted by molar-refractivity contribution is -0.143. The highest BCUT2D eigenvalue weighted by Gasteiger charge is 2.46. The second kappa shape index (κ2) is 15.2. The van der Waals surface area contributed by atoms with E-state index >= 15 is 0 Å². The lowest BCUT2D eigenvalue weighted by Crippen LogP contribution is -2.61. The number of amides is 5. The van der Waals surface area contributed by atoms with Crippen LogP contribution in [0.4, 0.5) is 10.5 Å². The molecular weight excluding hydrogens is 640 g/mol. The van der Waals surface area contributed by atoms with E-state index in [-0.39, 0.29) is 36.5 Å². The van der Waals surface area contributed by atoms with Gasteiger partial charge in [0.25, 0.3) is 5.91 Å². The van der Waals surface area contributed by atoms with Crippen LogP contribution in [-0.2, 0) is 24.6 Å². The first-order chi connectivity index (χ1) is 22.8. The SMILES string of the molecule is CC(C)[C@@H]1C[C@@H](C(=O)NC(CC2CCC2)C(=O)C(N)=O)N(C(=O)[C@@H](NC(=O)N[C@H](CNc2c(C(C)(C)C)c(=O)c2=O)C(C)(C)C)C(C)(C)C)C1. The van der Waals surface area contributed by atoms with Crippen molar-refractivity contribution >= 4 is 35.2 Å². The largest absolute Gasteiger partial charge is 0.379 e. The highest BCUT2D eigenvalue weighted by Crippen LogP contribution is 2.34. The number of carbonyl (C=O) groups is 5. The van der Waals surface area contributed by atoms with Gasteiger partial charge in [0.2, 0.25) is 28.5 Å². The summed E-state index contributed by atoms with van der Waals surface area (Å²) in [4.78, 5) is 92.6. The Balaban J connectivity index is 1.81. The standard InChI is InChI=1S/C37H60N6O7/c1-19(2)21-16-23(32(48)40-22(27(44)31(38)47)15-20-13-12-14-20)43(18-21)33(49)30(37(9,10)11)42-34(50)41-24(35(3,4)5)17-39-26-25(36(6,7)8)28(45)29(26)46/h19-24,30,39H,12-18H2,1-11H3,(H2,38,47)(H,40,48)(H2,41,42,50)/t21-,22?,23+,24-,30-/m1/s1. The summed E-state index contributed by atoms with van der Waals surface area (Å²) in [7, 11) is 0. The molecule has 1 saturated heterocycles. The van der Waals surface area contributed by atoms with Crippen molar-refractivity contribution in [3.8, 4) is 0 Å². The van der Waals surface area contributed by atoms with Crippen LogP contribution in [0.5, 0.6) is 0 Å². The molecule has 1 heterocycles. The van der Waals surface area contributed by atoms with Crippen LogP contribution in [-0.4, -0.2) is 71.7 Å². The number of Topliss-reactive ketones (excluding diaryl/α,β-unsaturated/α-hetero) is 1. The Kier molecular flexibility index (Phi) is 12.4. The van der Waals surface area contributed by atoms with Crippen molar-refractivity contribution in [2.24, 2.45) is 34.3 Å².